The van der Waals surface area contributed by atoms with E-state index in [2.05, 4.69) is 15.9 Å². The Hall–Kier alpha value is 0.390. The Bertz CT molecular complexity index is 189. The standard InChI is InChI=1S/C7H15BrO3S/c1-11-5-3-7-12(9,10)6-2-4-8/h2-7H2,1H3. The lowest BCUT2D eigenvalue weighted by atomic mass is 10.5. The second-order valence-corrected chi connectivity index (χ2v) is 5.64. The minimum absolute atomic E-state index is 0.244. The number of sulfone groups is 1. The molecule has 5 heteroatoms. The van der Waals surface area contributed by atoms with Crippen LogP contribution in [0.2, 0.25) is 0 Å². The number of methoxy groups -OCH3 is 1. The fourth-order valence-corrected chi connectivity index (χ4v) is 2.80. The highest BCUT2D eigenvalue weighted by molar-refractivity contribution is 9.09. The van der Waals surface area contributed by atoms with Gasteiger partial charge in [-0.2, -0.15) is 0 Å². The largest absolute Gasteiger partial charge is 0.385 e. The summed E-state index contributed by atoms with van der Waals surface area (Å²) in [5, 5.41) is 0.747. The zero-order valence-corrected chi connectivity index (χ0v) is 9.66. The third-order valence-electron chi connectivity index (χ3n) is 1.39. The van der Waals surface area contributed by atoms with Gasteiger partial charge < -0.3 is 4.74 Å². The number of alkyl halides is 1. The number of ether oxygens (including phenoxy) is 1. The van der Waals surface area contributed by atoms with Crippen LogP contribution in [-0.2, 0) is 14.6 Å². The summed E-state index contributed by atoms with van der Waals surface area (Å²) in [6.07, 6.45) is 1.29. The Morgan fingerprint density at radius 1 is 1.25 bits per heavy atom. The molecule has 0 aromatic rings. The first-order valence-corrected chi connectivity index (χ1v) is 6.82. The first kappa shape index (κ1) is 12.4. The molecule has 0 bridgehead atoms. The molecule has 0 aromatic carbocycles. The fourth-order valence-electron chi connectivity index (χ4n) is 0.800. The van der Waals surface area contributed by atoms with Gasteiger partial charge in [-0.15, -0.1) is 0 Å². The maximum atomic E-state index is 11.2. The van der Waals surface area contributed by atoms with Crippen LogP contribution < -0.4 is 0 Å². The number of hydrogen-bond acceptors (Lipinski definition) is 3. The average Bonchev–Trinajstić information content (AvgIpc) is 2.01. The smallest absolute Gasteiger partial charge is 0.150 e. The summed E-state index contributed by atoms with van der Waals surface area (Å²) >= 11 is 3.19. The maximum absolute atomic E-state index is 11.2. The molecular formula is C7H15BrO3S. The molecule has 0 aliphatic rings. The third-order valence-corrected chi connectivity index (χ3v) is 3.77. The van der Waals surface area contributed by atoms with E-state index in [9.17, 15) is 8.42 Å². The molecule has 0 aliphatic carbocycles. The Labute approximate surface area is 82.5 Å². The Kier molecular flexibility index (Phi) is 7.08. The van der Waals surface area contributed by atoms with Crippen LogP contribution in [0.1, 0.15) is 12.8 Å². The van der Waals surface area contributed by atoms with Crippen molar-refractivity contribution in [2.45, 2.75) is 12.8 Å². The van der Waals surface area contributed by atoms with Crippen LogP contribution in [0, 0.1) is 0 Å². The number of hydrogen-bond donors (Lipinski definition) is 0. The van der Waals surface area contributed by atoms with Crippen molar-refractivity contribution in [3.63, 3.8) is 0 Å². The van der Waals surface area contributed by atoms with Crippen LogP contribution in [0.25, 0.3) is 0 Å². The quantitative estimate of drug-likeness (QED) is 0.510. The highest BCUT2D eigenvalue weighted by atomic mass is 79.9. The Balaban J connectivity index is 3.58. The van der Waals surface area contributed by atoms with E-state index in [0.29, 0.717) is 19.4 Å². The molecule has 0 aliphatic heterocycles. The molecule has 0 heterocycles. The molecule has 0 N–H and O–H groups in total. The molecule has 0 radical (unpaired) electrons. The first-order chi connectivity index (χ1) is 5.62. The van der Waals surface area contributed by atoms with Gasteiger partial charge >= 0.3 is 0 Å². The molecule has 0 fully saturated rings. The monoisotopic (exact) mass is 258 g/mol. The first-order valence-electron chi connectivity index (χ1n) is 3.87. The van der Waals surface area contributed by atoms with E-state index in [1.165, 1.54) is 0 Å². The van der Waals surface area contributed by atoms with Crippen LogP contribution in [-0.4, -0.2) is 39.0 Å². The molecule has 0 spiro atoms. The molecule has 74 valence electrons. The van der Waals surface area contributed by atoms with Gasteiger partial charge in [-0.05, 0) is 12.8 Å². The molecule has 0 rings (SSSR count). The highest BCUT2D eigenvalue weighted by Crippen LogP contribution is 1.99. The van der Waals surface area contributed by atoms with Crippen molar-refractivity contribution in [3.05, 3.63) is 0 Å². The minimum atomic E-state index is -2.83. The van der Waals surface area contributed by atoms with E-state index in [4.69, 9.17) is 4.74 Å². The van der Waals surface area contributed by atoms with Gasteiger partial charge in [-0.1, -0.05) is 15.9 Å². The maximum Gasteiger partial charge on any atom is 0.150 e. The van der Waals surface area contributed by atoms with Crippen molar-refractivity contribution in [2.75, 3.05) is 30.6 Å². The molecule has 0 saturated carbocycles. The van der Waals surface area contributed by atoms with Gasteiger partial charge in [0.05, 0.1) is 11.5 Å². The van der Waals surface area contributed by atoms with Crippen molar-refractivity contribution in [3.8, 4) is 0 Å². The summed E-state index contributed by atoms with van der Waals surface area (Å²) in [5.41, 5.74) is 0. The second-order valence-electron chi connectivity index (χ2n) is 2.54. The molecule has 12 heavy (non-hydrogen) atoms. The van der Waals surface area contributed by atoms with Gasteiger partial charge in [0.2, 0.25) is 0 Å². The predicted molar refractivity (Wildman–Crippen MR) is 53.6 cm³/mol. The van der Waals surface area contributed by atoms with Gasteiger partial charge in [0, 0.05) is 19.0 Å². The van der Waals surface area contributed by atoms with Gasteiger partial charge in [-0.3, -0.25) is 0 Å². The SMILES string of the molecule is COCCCS(=O)(=O)CCCBr. The van der Waals surface area contributed by atoms with Crippen molar-refractivity contribution in [2.24, 2.45) is 0 Å². The van der Waals surface area contributed by atoms with Crippen molar-refractivity contribution in [1.82, 2.24) is 0 Å². The Morgan fingerprint density at radius 3 is 2.33 bits per heavy atom. The van der Waals surface area contributed by atoms with Gasteiger partial charge in [0.1, 0.15) is 9.84 Å². The number of halogens is 1. The lowest BCUT2D eigenvalue weighted by molar-refractivity contribution is 0.199. The molecule has 0 aromatic heterocycles. The summed E-state index contributed by atoms with van der Waals surface area (Å²) in [4.78, 5) is 0. The predicted octanol–water partition coefficient (Wildman–Crippen LogP) is 1.22. The van der Waals surface area contributed by atoms with Gasteiger partial charge in [-0.25, -0.2) is 8.42 Å². The topological polar surface area (TPSA) is 43.4 Å². The summed E-state index contributed by atoms with van der Waals surface area (Å²) in [6, 6.07) is 0. The van der Waals surface area contributed by atoms with Crippen molar-refractivity contribution >= 4 is 25.8 Å². The highest BCUT2D eigenvalue weighted by Gasteiger charge is 2.08. The zero-order valence-electron chi connectivity index (χ0n) is 7.25. The summed E-state index contributed by atoms with van der Waals surface area (Å²) in [7, 11) is -1.25. The lowest BCUT2D eigenvalue weighted by Gasteiger charge is -2.01. The zero-order chi connectivity index (χ0) is 9.45. The van der Waals surface area contributed by atoms with Crippen molar-refractivity contribution < 1.29 is 13.2 Å². The summed E-state index contributed by atoms with van der Waals surface area (Å²) < 4.78 is 27.1. The molecule has 0 unspecified atom stereocenters. The normalized spacial score (nSPS) is 11.8. The lowest BCUT2D eigenvalue weighted by Crippen LogP contribution is -2.12. The van der Waals surface area contributed by atoms with E-state index in [1.54, 1.807) is 7.11 Å². The number of rotatable bonds is 7. The molecule has 0 amide bonds. The molecule has 0 atom stereocenters. The van der Waals surface area contributed by atoms with E-state index >= 15 is 0 Å². The molecule has 3 nitrogen and oxygen atoms in total. The Morgan fingerprint density at radius 2 is 1.83 bits per heavy atom. The van der Waals surface area contributed by atoms with Crippen LogP contribution in [0.15, 0.2) is 0 Å². The summed E-state index contributed by atoms with van der Waals surface area (Å²) in [6.45, 7) is 0.521. The minimum Gasteiger partial charge on any atom is -0.385 e. The van der Waals surface area contributed by atoms with Gasteiger partial charge in [0.15, 0.2) is 0 Å². The second kappa shape index (κ2) is 6.86. The average molecular weight is 259 g/mol. The molecular weight excluding hydrogens is 244 g/mol. The molecule has 0 saturated heterocycles. The van der Waals surface area contributed by atoms with E-state index in [1.807, 2.05) is 0 Å². The van der Waals surface area contributed by atoms with E-state index in [0.717, 1.165) is 5.33 Å². The third kappa shape index (κ3) is 7.06. The fraction of sp³-hybridized carbons (Fsp3) is 1.00. The van der Waals surface area contributed by atoms with Gasteiger partial charge in [0.25, 0.3) is 0 Å². The summed E-state index contributed by atoms with van der Waals surface area (Å²) in [5.74, 6) is 0.524. The van der Waals surface area contributed by atoms with Crippen LogP contribution in [0.4, 0.5) is 0 Å². The van der Waals surface area contributed by atoms with E-state index < -0.39 is 9.84 Å². The van der Waals surface area contributed by atoms with Crippen LogP contribution in [0.5, 0.6) is 0 Å². The van der Waals surface area contributed by atoms with Crippen LogP contribution >= 0.6 is 15.9 Å². The van der Waals surface area contributed by atoms with E-state index in [-0.39, 0.29) is 11.5 Å². The van der Waals surface area contributed by atoms with Crippen molar-refractivity contribution in [1.29, 1.82) is 0 Å². The van der Waals surface area contributed by atoms with Crippen LogP contribution in [0.3, 0.4) is 0 Å².